The Labute approximate surface area is 156 Å². The van der Waals surface area contributed by atoms with Gasteiger partial charge in [0.1, 0.15) is 12.4 Å². The maximum absolute atomic E-state index is 13.4. The quantitative estimate of drug-likeness (QED) is 0.726. The van der Waals surface area contributed by atoms with Crippen molar-refractivity contribution in [1.29, 1.82) is 0 Å². The summed E-state index contributed by atoms with van der Waals surface area (Å²) in [5.74, 6) is 4.07. The normalized spacial score (nSPS) is 10.7. The predicted molar refractivity (Wildman–Crippen MR) is 94.4 cm³/mol. The molecule has 2 aromatic carbocycles. The van der Waals surface area contributed by atoms with E-state index in [0.29, 0.717) is 11.8 Å². The van der Waals surface area contributed by atoms with E-state index < -0.39 is 21.7 Å². The minimum Gasteiger partial charge on any atom is -0.493 e. The van der Waals surface area contributed by atoms with E-state index in [2.05, 4.69) is 16.6 Å². The van der Waals surface area contributed by atoms with Gasteiger partial charge in [0, 0.05) is 12.1 Å². The fourth-order valence-electron chi connectivity index (χ4n) is 2.02. The zero-order chi connectivity index (χ0) is 19.9. The molecule has 0 aliphatic heterocycles. The molecule has 0 radical (unpaired) electrons. The van der Waals surface area contributed by atoms with Gasteiger partial charge in [0.05, 0.1) is 25.7 Å². The van der Waals surface area contributed by atoms with Gasteiger partial charge < -0.3 is 14.2 Å². The van der Waals surface area contributed by atoms with Crippen LogP contribution in [0.15, 0.2) is 41.3 Å². The van der Waals surface area contributed by atoms with Gasteiger partial charge in [-0.25, -0.2) is 17.2 Å². The van der Waals surface area contributed by atoms with Crippen LogP contribution in [-0.4, -0.2) is 35.8 Å². The molecule has 0 spiro atoms. The molecule has 0 saturated carbocycles. The van der Waals surface area contributed by atoms with Gasteiger partial charge >= 0.3 is 0 Å². The number of benzene rings is 2. The van der Waals surface area contributed by atoms with Crippen LogP contribution in [0.1, 0.15) is 0 Å². The summed E-state index contributed by atoms with van der Waals surface area (Å²) >= 11 is 0. The van der Waals surface area contributed by atoms with E-state index in [0.717, 1.165) is 12.1 Å². The molecule has 2 aromatic rings. The van der Waals surface area contributed by atoms with Crippen LogP contribution in [0.3, 0.4) is 0 Å². The largest absolute Gasteiger partial charge is 0.493 e. The topological polar surface area (TPSA) is 73.9 Å². The number of methoxy groups -OCH3 is 2. The number of hydrogen-bond donors (Lipinski definition) is 1. The third-order valence-corrected chi connectivity index (χ3v) is 4.73. The van der Waals surface area contributed by atoms with E-state index >= 15 is 0 Å². The van der Waals surface area contributed by atoms with Crippen LogP contribution in [0.5, 0.6) is 17.2 Å². The number of ether oxygens (including phenoxy) is 3. The van der Waals surface area contributed by atoms with Crippen LogP contribution in [0, 0.1) is 23.5 Å². The van der Waals surface area contributed by atoms with Gasteiger partial charge in [-0.05, 0) is 24.3 Å². The first-order valence-electron chi connectivity index (χ1n) is 7.62. The molecule has 0 atom stereocenters. The van der Waals surface area contributed by atoms with Crippen molar-refractivity contribution in [3.8, 4) is 29.1 Å². The maximum Gasteiger partial charge on any atom is 0.241 e. The van der Waals surface area contributed by atoms with Gasteiger partial charge in [0.2, 0.25) is 10.0 Å². The van der Waals surface area contributed by atoms with E-state index in [1.165, 1.54) is 32.4 Å². The Morgan fingerprint density at radius 3 is 2.33 bits per heavy atom. The molecule has 0 amide bonds. The summed E-state index contributed by atoms with van der Waals surface area (Å²) in [6.45, 7) is -0.355. The van der Waals surface area contributed by atoms with Crippen molar-refractivity contribution in [1.82, 2.24) is 4.72 Å². The number of sulfonamides is 1. The number of nitrogens with one attached hydrogen (secondary N) is 1. The summed E-state index contributed by atoms with van der Waals surface area (Å²) in [6.07, 6.45) is 0. The standard InChI is InChI=1S/C18H17F2NO5S/c1-24-17-8-6-14(12-18(17)25-2)27(22,23)21-9-3-4-10-26-16-7-5-13(19)11-15(16)20/h5-8,11-12,21H,9-10H2,1-2H3. The number of hydrogen-bond acceptors (Lipinski definition) is 5. The zero-order valence-electron chi connectivity index (χ0n) is 14.6. The first kappa shape index (κ1) is 20.5. The minimum absolute atomic E-state index is 0.00779. The Kier molecular flexibility index (Phi) is 6.98. The highest BCUT2D eigenvalue weighted by Crippen LogP contribution is 2.29. The minimum atomic E-state index is -3.80. The van der Waals surface area contributed by atoms with Gasteiger partial charge in [0.15, 0.2) is 23.1 Å². The van der Waals surface area contributed by atoms with Gasteiger partial charge in [-0.2, -0.15) is 4.72 Å². The highest BCUT2D eigenvalue weighted by atomic mass is 32.2. The van der Waals surface area contributed by atoms with Crippen molar-refractivity contribution in [2.24, 2.45) is 0 Å². The van der Waals surface area contributed by atoms with Crippen LogP contribution in [-0.2, 0) is 10.0 Å². The molecule has 0 aliphatic rings. The Morgan fingerprint density at radius 2 is 1.67 bits per heavy atom. The smallest absolute Gasteiger partial charge is 0.241 e. The molecule has 0 fully saturated rings. The average molecular weight is 397 g/mol. The lowest BCUT2D eigenvalue weighted by Gasteiger charge is -2.10. The average Bonchev–Trinajstić information content (AvgIpc) is 2.65. The fourth-order valence-corrected chi connectivity index (χ4v) is 2.96. The van der Waals surface area contributed by atoms with Crippen molar-refractivity contribution >= 4 is 10.0 Å². The lowest BCUT2D eigenvalue weighted by atomic mass is 10.3. The highest BCUT2D eigenvalue weighted by Gasteiger charge is 2.16. The monoisotopic (exact) mass is 397 g/mol. The molecule has 0 unspecified atom stereocenters. The lowest BCUT2D eigenvalue weighted by molar-refractivity contribution is 0.346. The van der Waals surface area contributed by atoms with Gasteiger partial charge in [0.25, 0.3) is 0 Å². The van der Waals surface area contributed by atoms with Gasteiger partial charge in [-0.15, -0.1) is 0 Å². The molecule has 0 aromatic heterocycles. The van der Waals surface area contributed by atoms with Crippen molar-refractivity contribution in [2.75, 3.05) is 27.4 Å². The van der Waals surface area contributed by atoms with Crippen molar-refractivity contribution in [2.45, 2.75) is 4.90 Å². The summed E-state index contributed by atoms with van der Waals surface area (Å²) in [6, 6.07) is 7.08. The second-order valence-corrected chi connectivity index (χ2v) is 6.83. The van der Waals surface area contributed by atoms with Crippen LogP contribution in [0.25, 0.3) is 0 Å². The first-order valence-corrected chi connectivity index (χ1v) is 9.11. The molecule has 6 nitrogen and oxygen atoms in total. The van der Waals surface area contributed by atoms with E-state index in [1.54, 1.807) is 0 Å². The summed E-state index contributed by atoms with van der Waals surface area (Å²) in [4.78, 5) is -0.00779. The highest BCUT2D eigenvalue weighted by molar-refractivity contribution is 7.89. The fraction of sp³-hybridized carbons (Fsp3) is 0.222. The molecular weight excluding hydrogens is 380 g/mol. The Balaban J connectivity index is 1.92. The van der Waals surface area contributed by atoms with Crippen LogP contribution < -0.4 is 18.9 Å². The third-order valence-electron chi connectivity index (χ3n) is 3.33. The van der Waals surface area contributed by atoms with Crippen LogP contribution in [0.4, 0.5) is 8.78 Å². The molecular formula is C18H17F2NO5S. The SMILES string of the molecule is COc1ccc(S(=O)(=O)NCC#CCOc2ccc(F)cc2F)cc1OC. The summed E-state index contributed by atoms with van der Waals surface area (Å²) in [7, 11) is -0.955. The van der Waals surface area contributed by atoms with Gasteiger partial charge in [-0.1, -0.05) is 11.8 Å². The summed E-state index contributed by atoms with van der Waals surface area (Å²) in [5.41, 5.74) is 0. The molecule has 2 rings (SSSR count). The van der Waals surface area contributed by atoms with E-state index in [4.69, 9.17) is 14.2 Å². The van der Waals surface area contributed by atoms with Crippen LogP contribution in [0.2, 0.25) is 0 Å². The Hall–Kier alpha value is -2.83. The molecule has 144 valence electrons. The van der Waals surface area contributed by atoms with E-state index in [1.807, 2.05) is 0 Å². The summed E-state index contributed by atoms with van der Waals surface area (Å²) < 4.78 is 68.1. The molecule has 0 bridgehead atoms. The van der Waals surface area contributed by atoms with Gasteiger partial charge in [-0.3, -0.25) is 0 Å². The van der Waals surface area contributed by atoms with Crippen molar-refractivity contribution in [3.05, 3.63) is 48.0 Å². The van der Waals surface area contributed by atoms with Crippen molar-refractivity contribution in [3.63, 3.8) is 0 Å². The second kappa shape index (κ2) is 9.21. The molecule has 9 heteroatoms. The van der Waals surface area contributed by atoms with E-state index in [-0.39, 0.29) is 29.5 Å². The number of halogens is 2. The molecule has 0 heterocycles. The zero-order valence-corrected chi connectivity index (χ0v) is 15.4. The van der Waals surface area contributed by atoms with E-state index in [9.17, 15) is 17.2 Å². The first-order chi connectivity index (χ1) is 12.9. The molecule has 0 saturated heterocycles. The molecule has 0 aliphatic carbocycles. The maximum atomic E-state index is 13.4. The number of rotatable bonds is 7. The second-order valence-electron chi connectivity index (χ2n) is 5.06. The van der Waals surface area contributed by atoms with Crippen LogP contribution >= 0.6 is 0 Å². The Morgan fingerprint density at radius 1 is 0.963 bits per heavy atom. The predicted octanol–water partition coefficient (Wildman–Crippen LogP) is 2.34. The third kappa shape index (κ3) is 5.57. The molecule has 1 N–H and O–H groups in total. The van der Waals surface area contributed by atoms with Crippen molar-refractivity contribution < 1.29 is 31.4 Å². The Bertz CT molecular complexity index is 967. The molecule has 27 heavy (non-hydrogen) atoms. The lowest BCUT2D eigenvalue weighted by Crippen LogP contribution is -2.24. The summed E-state index contributed by atoms with van der Waals surface area (Å²) in [5, 5.41) is 0.